The fraction of sp³-hybridized carbons (Fsp3) is 0.833. The quantitative estimate of drug-likeness (QED) is 0.932. The van der Waals surface area contributed by atoms with Crippen LogP contribution in [0.25, 0.3) is 0 Å². The molecule has 1 fully saturated rings. The highest BCUT2D eigenvalue weighted by Gasteiger charge is 2.37. The van der Waals surface area contributed by atoms with Crippen molar-refractivity contribution in [2.24, 2.45) is 0 Å². The van der Waals surface area contributed by atoms with Crippen LogP contribution < -0.4 is 10.2 Å². The van der Waals surface area contributed by atoms with Crippen molar-refractivity contribution in [3.8, 4) is 0 Å². The van der Waals surface area contributed by atoms with E-state index < -0.39 is 12.0 Å². The topological polar surface area (TPSA) is 41.0 Å². The molecule has 0 aliphatic carbocycles. The maximum atomic E-state index is 12.5. The molecule has 1 saturated heterocycles. The van der Waals surface area contributed by atoms with Gasteiger partial charge in [-0.05, 0) is 33.6 Å². The Morgan fingerprint density at radius 2 is 2.05 bits per heavy atom. The summed E-state index contributed by atoms with van der Waals surface area (Å²) in [5.41, 5.74) is -0.00742. The molecule has 1 aromatic heterocycles. The summed E-state index contributed by atoms with van der Waals surface area (Å²) in [6.07, 6.45) is -2.53. The molecule has 20 heavy (non-hydrogen) atoms. The van der Waals surface area contributed by atoms with Gasteiger partial charge < -0.3 is 10.2 Å². The first-order valence-corrected chi connectivity index (χ1v) is 7.37. The largest absolute Gasteiger partial charge is 0.452 e. The zero-order chi connectivity index (χ0) is 15.0. The van der Waals surface area contributed by atoms with Gasteiger partial charge in [0.1, 0.15) is 0 Å². The number of rotatable bonds is 3. The molecule has 1 N–H and O–H groups in total. The molecule has 0 spiro atoms. The number of anilines is 1. The lowest BCUT2D eigenvalue weighted by molar-refractivity contribution is -0.144. The van der Waals surface area contributed by atoms with Crippen molar-refractivity contribution in [1.82, 2.24) is 14.7 Å². The average molecular weight is 308 g/mol. The zero-order valence-electron chi connectivity index (χ0n) is 11.8. The molecule has 1 aliphatic rings. The number of alkyl halides is 3. The van der Waals surface area contributed by atoms with Gasteiger partial charge in [0.25, 0.3) is 0 Å². The summed E-state index contributed by atoms with van der Waals surface area (Å²) in [5.74, 6) is -1.04. The number of hydrogen-bond acceptors (Lipinski definition) is 5. The van der Waals surface area contributed by atoms with Gasteiger partial charge in [0.05, 0.1) is 0 Å². The minimum Gasteiger partial charge on any atom is -0.343 e. The molecular formula is C12H19F3N4S. The van der Waals surface area contributed by atoms with Gasteiger partial charge in [0.2, 0.25) is 11.0 Å². The van der Waals surface area contributed by atoms with E-state index in [2.05, 4.69) is 35.4 Å². The number of halogens is 3. The summed E-state index contributed by atoms with van der Waals surface area (Å²) in [4.78, 5) is 5.57. The van der Waals surface area contributed by atoms with Crippen LogP contribution in [0.4, 0.5) is 18.3 Å². The average Bonchev–Trinajstić information content (AvgIpc) is 2.93. The van der Waals surface area contributed by atoms with Gasteiger partial charge >= 0.3 is 6.18 Å². The Kier molecular flexibility index (Phi) is 4.24. The Labute approximate surface area is 120 Å². The standard InChI is InChI=1S/C12H19F3N4S/c1-11(2,3)16-7-8-5-4-6-19(8)10-17-9(18-20-10)12(13,14)15/h8,16H,4-7H2,1-3H3. The SMILES string of the molecule is CC(C)(C)NCC1CCCN1c1nc(C(F)(F)F)ns1. The van der Waals surface area contributed by atoms with Gasteiger partial charge in [0, 0.05) is 36.2 Å². The minimum atomic E-state index is -4.46. The highest BCUT2D eigenvalue weighted by molar-refractivity contribution is 7.09. The second kappa shape index (κ2) is 5.48. The van der Waals surface area contributed by atoms with Crippen LogP contribution in [0.3, 0.4) is 0 Å². The lowest BCUT2D eigenvalue weighted by Gasteiger charge is -2.28. The maximum absolute atomic E-state index is 12.5. The van der Waals surface area contributed by atoms with Crippen LogP contribution in [0.5, 0.6) is 0 Å². The van der Waals surface area contributed by atoms with Gasteiger partial charge in [0.15, 0.2) is 0 Å². The van der Waals surface area contributed by atoms with Crippen LogP contribution in [-0.2, 0) is 6.18 Å². The molecule has 4 nitrogen and oxygen atoms in total. The molecule has 1 atom stereocenters. The van der Waals surface area contributed by atoms with Crippen molar-refractivity contribution in [3.05, 3.63) is 5.82 Å². The Morgan fingerprint density at radius 3 is 2.60 bits per heavy atom. The molecule has 1 unspecified atom stereocenters. The molecule has 1 aliphatic heterocycles. The normalized spacial score (nSPS) is 20.7. The predicted octanol–water partition coefficient (Wildman–Crippen LogP) is 2.91. The van der Waals surface area contributed by atoms with E-state index >= 15 is 0 Å². The third-order valence-electron chi connectivity index (χ3n) is 3.16. The number of nitrogens with zero attached hydrogens (tertiary/aromatic N) is 3. The number of nitrogens with one attached hydrogen (secondary N) is 1. The summed E-state index contributed by atoms with van der Waals surface area (Å²) in [5, 5.41) is 3.76. The molecule has 8 heteroatoms. The molecule has 0 bridgehead atoms. The Balaban J connectivity index is 2.05. The summed E-state index contributed by atoms with van der Waals surface area (Å²) in [7, 11) is 0. The van der Waals surface area contributed by atoms with Crippen molar-refractivity contribution in [2.45, 2.75) is 51.4 Å². The van der Waals surface area contributed by atoms with Crippen LogP contribution >= 0.6 is 11.5 Å². The maximum Gasteiger partial charge on any atom is 0.452 e. The van der Waals surface area contributed by atoms with Gasteiger partial charge in [-0.1, -0.05) is 0 Å². The zero-order valence-corrected chi connectivity index (χ0v) is 12.6. The lowest BCUT2D eigenvalue weighted by Crippen LogP contribution is -2.45. The van der Waals surface area contributed by atoms with E-state index in [0.29, 0.717) is 5.13 Å². The van der Waals surface area contributed by atoms with Crippen LogP contribution in [-0.4, -0.2) is 34.0 Å². The highest BCUT2D eigenvalue weighted by atomic mass is 32.1. The van der Waals surface area contributed by atoms with Crippen LogP contribution in [0, 0.1) is 0 Å². The first-order valence-electron chi connectivity index (χ1n) is 6.59. The Hall–Kier alpha value is -0.890. The second-order valence-electron chi connectivity index (χ2n) is 6.02. The number of hydrogen-bond donors (Lipinski definition) is 1. The third-order valence-corrected chi connectivity index (χ3v) is 3.91. The van der Waals surface area contributed by atoms with E-state index in [4.69, 9.17) is 0 Å². The molecule has 2 rings (SSSR count). The van der Waals surface area contributed by atoms with E-state index in [1.54, 1.807) is 0 Å². The second-order valence-corrected chi connectivity index (χ2v) is 6.75. The number of aromatic nitrogens is 2. The molecule has 0 radical (unpaired) electrons. The molecule has 2 heterocycles. The van der Waals surface area contributed by atoms with Gasteiger partial charge in [-0.3, -0.25) is 0 Å². The van der Waals surface area contributed by atoms with Crippen molar-refractivity contribution in [1.29, 1.82) is 0 Å². The Morgan fingerprint density at radius 1 is 1.35 bits per heavy atom. The van der Waals surface area contributed by atoms with Gasteiger partial charge in [-0.15, -0.1) is 0 Å². The summed E-state index contributed by atoms with van der Waals surface area (Å²) in [6.45, 7) is 7.68. The van der Waals surface area contributed by atoms with Crippen LogP contribution in [0.2, 0.25) is 0 Å². The first kappa shape index (κ1) is 15.5. The van der Waals surface area contributed by atoms with E-state index in [9.17, 15) is 13.2 Å². The third kappa shape index (κ3) is 3.82. The van der Waals surface area contributed by atoms with Gasteiger partial charge in [-0.25, -0.2) is 0 Å². The Bertz CT molecular complexity index is 452. The van der Waals surface area contributed by atoms with Crippen molar-refractivity contribution in [3.63, 3.8) is 0 Å². The fourth-order valence-corrected chi connectivity index (χ4v) is 2.96. The van der Waals surface area contributed by atoms with E-state index in [-0.39, 0.29) is 11.6 Å². The molecule has 0 saturated carbocycles. The van der Waals surface area contributed by atoms with Crippen molar-refractivity contribution < 1.29 is 13.2 Å². The molecular weight excluding hydrogens is 289 g/mol. The molecule has 114 valence electrons. The van der Waals surface area contributed by atoms with Gasteiger partial charge in [-0.2, -0.15) is 22.5 Å². The molecule has 0 aromatic carbocycles. The molecule has 0 amide bonds. The minimum absolute atomic E-state index is 0.00742. The van der Waals surface area contributed by atoms with E-state index in [1.165, 1.54) is 0 Å². The monoisotopic (exact) mass is 308 g/mol. The summed E-state index contributed by atoms with van der Waals surface area (Å²) >= 11 is 0.828. The smallest absolute Gasteiger partial charge is 0.343 e. The van der Waals surface area contributed by atoms with E-state index in [1.807, 2.05) is 4.90 Å². The predicted molar refractivity (Wildman–Crippen MR) is 73.0 cm³/mol. The fourth-order valence-electron chi connectivity index (χ4n) is 2.17. The van der Waals surface area contributed by atoms with Crippen LogP contribution in [0.1, 0.15) is 39.4 Å². The van der Waals surface area contributed by atoms with Crippen molar-refractivity contribution in [2.75, 3.05) is 18.0 Å². The summed E-state index contributed by atoms with van der Waals surface area (Å²) in [6, 6.07) is 0.184. The van der Waals surface area contributed by atoms with E-state index in [0.717, 1.165) is 37.5 Å². The summed E-state index contributed by atoms with van der Waals surface area (Å²) < 4.78 is 41.0. The van der Waals surface area contributed by atoms with Crippen LogP contribution in [0.15, 0.2) is 0 Å². The molecule has 1 aromatic rings. The van der Waals surface area contributed by atoms with Crippen molar-refractivity contribution >= 4 is 16.7 Å². The highest BCUT2D eigenvalue weighted by Crippen LogP contribution is 2.33. The lowest BCUT2D eigenvalue weighted by atomic mass is 10.1. The first-order chi connectivity index (χ1) is 9.17.